The molecule has 2 unspecified atom stereocenters. The molecule has 3 rings (SSSR count). The molecule has 0 amide bonds. The maximum Gasteiger partial charge on any atom is 0.0978 e. The number of ether oxygens (including phenoxy) is 2. The molecule has 2 saturated carbocycles. The molecule has 0 aromatic rings. The fourth-order valence-electron chi connectivity index (χ4n) is 2.39. The molecule has 3 fully saturated rings. The Hall–Kier alpha value is -0.0800. The van der Waals surface area contributed by atoms with Crippen LogP contribution in [-0.2, 0) is 9.47 Å². The van der Waals surface area contributed by atoms with Gasteiger partial charge in [0.15, 0.2) is 0 Å². The monoisotopic (exact) mass is 154 g/mol. The van der Waals surface area contributed by atoms with Crippen molar-refractivity contribution in [1.29, 1.82) is 0 Å². The first-order valence-corrected chi connectivity index (χ1v) is 4.52. The molecular weight excluding hydrogens is 140 g/mol. The van der Waals surface area contributed by atoms with Gasteiger partial charge in [0.1, 0.15) is 0 Å². The Morgan fingerprint density at radius 1 is 1.27 bits per heavy atom. The smallest absolute Gasteiger partial charge is 0.0978 e. The topological polar surface area (TPSA) is 18.5 Å². The quantitative estimate of drug-likeness (QED) is 0.569. The van der Waals surface area contributed by atoms with Gasteiger partial charge in [0.2, 0.25) is 0 Å². The summed E-state index contributed by atoms with van der Waals surface area (Å²) in [7, 11) is 1.79. The Bertz CT molecular complexity index is 198. The second kappa shape index (κ2) is 1.64. The lowest BCUT2D eigenvalue weighted by Crippen LogP contribution is -2.17. The predicted octanol–water partition coefficient (Wildman–Crippen LogP) is 1.49. The zero-order valence-electron chi connectivity index (χ0n) is 6.93. The molecule has 0 radical (unpaired) electrons. The third-order valence-corrected chi connectivity index (χ3v) is 3.47. The molecule has 3 aliphatic rings. The van der Waals surface area contributed by atoms with Crippen molar-refractivity contribution in [2.75, 3.05) is 7.11 Å². The first-order chi connectivity index (χ1) is 5.29. The Morgan fingerprint density at radius 3 is 2.45 bits per heavy atom. The van der Waals surface area contributed by atoms with Crippen molar-refractivity contribution in [1.82, 2.24) is 0 Å². The van der Waals surface area contributed by atoms with Gasteiger partial charge in [-0.25, -0.2) is 0 Å². The molecule has 1 aliphatic heterocycles. The van der Waals surface area contributed by atoms with Gasteiger partial charge in [0.05, 0.1) is 17.3 Å². The maximum absolute atomic E-state index is 6.04. The molecule has 0 aromatic carbocycles. The Kier molecular flexibility index (Phi) is 0.961. The number of hydrogen-bond donors (Lipinski definition) is 0. The molecule has 2 spiro atoms. The highest BCUT2D eigenvalue weighted by molar-refractivity contribution is 5.17. The molecule has 0 bridgehead atoms. The minimum atomic E-state index is 0.186. The highest BCUT2D eigenvalue weighted by atomic mass is 16.6. The second-order valence-corrected chi connectivity index (χ2v) is 4.28. The molecule has 2 aliphatic carbocycles. The van der Waals surface area contributed by atoms with Crippen molar-refractivity contribution < 1.29 is 9.47 Å². The van der Waals surface area contributed by atoms with Gasteiger partial charge in [-0.15, -0.1) is 0 Å². The van der Waals surface area contributed by atoms with E-state index in [0.717, 1.165) is 6.42 Å². The van der Waals surface area contributed by atoms with Crippen LogP contribution in [0.5, 0.6) is 0 Å². The van der Waals surface area contributed by atoms with Crippen LogP contribution in [0.4, 0.5) is 0 Å². The van der Waals surface area contributed by atoms with Gasteiger partial charge < -0.3 is 9.47 Å². The van der Waals surface area contributed by atoms with Crippen LogP contribution in [0.25, 0.3) is 0 Å². The van der Waals surface area contributed by atoms with Crippen LogP contribution in [0.3, 0.4) is 0 Å². The van der Waals surface area contributed by atoms with E-state index in [2.05, 4.69) is 0 Å². The van der Waals surface area contributed by atoms with Crippen LogP contribution in [0.2, 0.25) is 0 Å². The average Bonchev–Trinajstić information content (AvgIpc) is 2.81. The fraction of sp³-hybridized carbons (Fsp3) is 1.00. The molecule has 0 aromatic heterocycles. The van der Waals surface area contributed by atoms with Gasteiger partial charge in [-0.2, -0.15) is 0 Å². The van der Waals surface area contributed by atoms with Crippen molar-refractivity contribution in [2.24, 2.45) is 0 Å². The van der Waals surface area contributed by atoms with Crippen LogP contribution in [0, 0.1) is 0 Å². The van der Waals surface area contributed by atoms with E-state index < -0.39 is 0 Å². The first-order valence-electron chi connectivity index (χ1n) is 4.52. The summed E-state index contributed by atoms with van der Waals surface area (Å²) < 4.78 is 11.3. The highest BCUT2D eigenvalue weighted by Gasteiger charge is 2.67. The summed E-state index contributed by atoms with van der Waals surface area (Å²) in [4.78, 5) is 0. The average molecular weight is 154 g/mol. The molecule has 11 heavy (non-hydrogen) atoms. The van der Waals surface area contributed by atoms with E-state index in [-0.39, 0.29) is 5.60 Å². The summed E-state index contributed by atoms with van der Waals surface area (Å²) >= 11 is 0. The summed E-state index contributed by atoms with van der Waals surface area (Å²) in [6, 6.07) is 0. The van der Waals surface area contributed by atoms with E-state index in [0.29, 0.717) is 11.7 Å². The molecule has 62 valence electrons. The molecule has 1 heterocycles. The van der Waals surface area contributed by atoms with E-state index in [1.807, 2.05) is 0 Å². The molecule has 0 N–H and O–H groups in total. The number of rotatable bonds is 1. The summed E-state index contributed by atoms with van der Waals surface area (Å²) in [5.74, 6) is 0. The second-order valence-electron chi connectivity index (χ2n) is 4.28. The SMILES string of the molecule is COC1CC12CCC1(CC1)O2. The molecule has 2 heteroatoms. The maximum atomic E-state index is 6.04. The number of hydrogen-bond acceptors (Lipinski definition) is 2. The van der Waals surface area contributed by atoms with Crippen LogP contribution in [-0.4, -0.2) is 24.4 Å². The normalized spacial score (nSPS) is 50.5. The zero-order valence-corrected chi connectivity index (χ0v) is 6.93. The van der Waals surface area contributed by atoms with Crippen LogP contribution in [0.1, 0.15) is 32.1 Å². The Labute approximate surface area is 66.9 Å². The van der Waals surface area contributed by atoms with E-state index in [1.54, 1.807) is 7.11 Å². The van der Waals surface area contributed by atoms with Crippen LogP contribution < -0.4 is 0 Å². The van der Waals surface area contributed by atoms with Crippen molar-refractivity contribution in [3.63, 3.8) is 0 Å². The highest BCUT2D eigenvalue weighted by Crippen LogP contribution is 2.62. The van der Waals surface area contributed by atoms with Crippen LogP contribution in [0.15, 0.2) is 0 Å². The lowest BCUT2D eigenvalue weighted by atomic mass is 10.1. The zero-order chi connectivity index (χ0) is 7.53. The van der Waals surface area contributed by atoms with Gasteiger partial charge in [0.25, 0.3) is 0 Å². The van der Waals surface area contributed by atoms with Gasteiger partial charge in [-0.3, -0.25) is 0 Å². The molecule has 2 atom stereocenters. The molecule has 1 saturated heterocycles. The predicted molar refractivity (Wildman–Crippen MR) is 40.4 cm³/mol. The van der Waals surface area contributed by atoms with E-state index in [1.165, 1.54) is 25.7 Å². The lowest BCUT2D eigenvalue weighted by molar-refractivity contribution is -0.0223. The molecular formula is C9H14O2. The molecule has 2 nitrogen and oxygen atoms in total. The van der Waals surface area contributed by atoms with Gasteiger partial charge in [-0.1, -0.05) is 0 Å². The van der Waals surface area contributed by atoms with Crippen molar-refractivity contribution >= 4 is 0 Å². The minimum absolute atomic E-state index is 0.186. The van der Waals surface area contributed by atoms with Crippen molar-refractivity contribution in [2.45, 2.75) is 49.4 Å². The van der Waals surface area contributed by atoms with Gasteiger partial charge in [-0.05, 0) is 25.7 Å². The largest absolute Gasteiger partial charge is 0.378 e. The standard InChI is InChI=1S/C9H14O2/c1-10-7-6-9(7)5-4-8(11-9)2-3-8/h7H,2-6H2,1H3. The summed E-state index contributed by atoms with van der Waals surface area (Å²) in [5.41, 5.74) is 0.526. The summed E-state index contributed by atoms with van der Waals surface area (Å²) in [6.45, 7) is 0. The third kappa shape index (κ3) is 0.744. The Balaban J connectivity index is 1.74. The van der Waals surface area contributed by atoms with Crippen molar-refractivity contribution in [3.8, 4) is 0 Å². The number of methoxy groups -OCH3 is 1. The fourth-order valence-corrected chi connectivity index (χ4v) is 2.39. The van der Waals surface area contributed by atoms with Crippen LogP contribution >= 0.6 is 0 Å². The summed E-state index contributed by atoms with van der Waals surface area (Å²) in [6.07, 6.45) is 6.68. The summed E-state index contributed by atoms with van der Waals surface area (Å²) in [5, 5.41) is 0. The lowest BCUT2D eigenvalue weighted by Gasteiger charge is -2.10. The van der Waals surface area contributed by atoms with E-state index in [4.69, 9.17) is 9.47 Å². The van der Waals surface area contributed by atoms with E-state index in [9.17, 15) is 0 Å². The van der Waals surface area contributed by atoms with Crippen molar-refractivity contribution in [3.05, 3.63) is 0 Å². The minimum Gasteiger partial charge on any atom is -0.378 e. The van der Waals surface area contributed by atoms with Gasteiger partial charge in [0, 0.05) is 13.5 Å². The third-order valence-electron chi connectivity index (χ3n) is 3.47. The van der Waals surface area contributed by atoms with E-state index >= 15 is 0 Å². The first kappa shape index (κ1) is 6.44. The Morgan fingerprint density at radius 2 is 2.00 bits per heavy atom. The van der Waals surface area contributed by atoms with Gasteiger partial charge >= 0.3 is 0 Å².